The van der Waals surface area contributed by atoms with E-state index in [0.717, 1.165) is 12.3 Å². The lowest BCUT2D eigenvalue weighted by Crippen LogP contribution is -2.47. The summed E-state index contributed by atoms with van der Waals surface area (Å²) >= 11 is 0. The van der Waals surface area contributed by atoms with Gasteiger partial charge in [0.1, 0.15) is 5.60 Å². The topological polar surface area (TPSA) is 50.4 Å². The van der Waals surface area contributed by atoms with Gasteiger partial charge in [0, 0.05) is 18.6 Å². The minimum Gasteiger partial charge on any atom is -0.444 e. The zero-order valence-corrected chi connectivity index (χ0v) is 15.4. The van der Waals surface area contributed by atoms with E-state index in [1.165, 1.54) is 25.7 Å². The van der Waals surface area contributed by atoms with Gasteiger partial charge in [0.25, 0.3) is 0 Å². The molecule has 1 fully saturated rings. The number of rotatable bonds is 6. The number of alkyl carbamates (subject to hydrolysis) is 1. The van der Waals surface area contributed by atoms with E-state index in [0.29, 0.717) is 24.5 Å². The number of carbonyl (C=O) groups is 1. The van der Waals surface area contributed by atoms with Crippen LogP contribution in [0.15, 0.2) is 0 Å². The Bertz CT molecular complexity index is 328. The van der Waals surface area contributed by atoms with E-state index in [9.17, 15) is 4.79 Å². The van der Waals surface area contributed by atoms with Gasteiger partial charge < -0.3 is 15.4 Å². The molecule has 1 atom stereocenters. The fourth-order valence-electron chi connectivity index (χ4n) is 3.06. The molecule has 1 rings (SSSR count). The van der Waals surface area contributed by atoms with Crippen molar-refractivity contribution in [1.82, 2.24) is 10.6 Å². The van der Waals surface area contributed by atoms with Crippen LogP contribution in [-0.2, 0) is 4.74 Å². The van der Waals surface area contributed by atoms with Crippen molar-refractivity contribution in [3.8, 4) is 0 Å². The second-order valence-electron chi connectivity index (χ2n) is 8.33. The van der Waals surface area contributed by atoms with E-state index in [1.807, 2.05) is 20.8 Å². The lowest BCUT2D eigenvalue weighted by molar-refractivity contribution is 0.0519. The average Bonchev–Trinajstić information content (AvgIpc) is 2.36. The highest BCUT2D eigenvalue weighted by Crippen LogP contribution is 2.24. The zero-order valence-electron chi connectivity index (χ0n) is 15.4. The highest BCUT2D eigenvalue weighted by molar-refractivity contribution is 5.67. The molecular formula is C18H36N2O2. The van der Waals surface area contributed by atoms with Gasteiger partial charge in [-0.15, -0.1) is 0 Å². The van der Waals surface area contributed by atoms with E-state index in [1.54, 1.807) is 0 Å². The molecule has 0 heterocycles. The van der Waals surface area contributed by atoms with E-state index in [2.05, 4.69) is 31.4 Å². The second kappa shape index (κ2) is 8.76. The second-order valence-corrected chi connectivity index (χ2v) is 8.33. The van der Waals surface area contributed by atoms with Crippen LogP contribution in [0.5, 0.6) is 0 Å². The lowest BCUT2D eigenvalue weighted by atomic mass is 9.86. The molecule has 22 heavy (non-hydrogen) atoms. The van der Waals surface area contributed by atoms with Crippen molar-refractivity contribution in [1.29, 1.82) is 0 Å². The van der Waals surface area contributed by atoms with Gasteiger partial charge in [0.05, 0.1) is 0 Å². The Labute approximate surface area is 136 Å². The Morgan fingerprint density at radius 1 is 1.18 bits per heavy atom. The Kier molecular flexibility index (Phi) is 7.67. The number of nitrogens with one attached hydrogen (secondary N) is 2. The quantitative estimate of drug-likeness (QED) is 0.776. The maximum Gasteiger partial charge on any atom is 0.407 e. The van der Waals surface area contributed by atoms with Crippen molar-refractivity contribution in [2.24, 2.45) is 11.8 Å². The molecule has 1 saturated carbocycles. The Morgan fingerprint density at radius 2 is 1.77 bits per heavy atom. The van der Waals surface area contributed by atoms with Crippen LogP contribution in [0.1, 0.15) is 73.6 Å². The molecule has 2 N–H and O–H groups in total. The summed E-state index contributed by atoms with van der Waals surface area (Å²) in [6, 6.07) is 0.923. The summed E-state index contributed by atoms with van der Waals surface area (Å²) in [4.78, 5) is 11.8. The van der Waals surface area contributed by atoms with Crippen LogP contribution in [0.25, 0.3) is 0 Å². The zero-order chi connectivity index (χ0) is 16.8. The van der Waals surface area contributed by atoms with Crippen LogP contribution >= 0.6 is 0 Å². The maximum atomic E-state index is 11.8. The van der Waals surface area contributed by atoms with Crippen molar-refractivity contribution in [2.45, 2.75) is 91.3 Å². The molecule has 4 heteroatoms. The van der Waals surface area contributed by atoms with Crippen molar-refractivity contribution < 1.29 is 9.53 Å². The molecule has 0 aromatic heterocycles. The van der Waals surface area contributed by atoms with Crippen molar-refractivity contribution in [2.75, 3.05) is 6.54 Å². The van der Waals surface area contributed by atoms with Gasteiger partial charge in [-0.2, -0.15) is 0 Å². The average molecular weight is 312 g/mol. The Morgan fingerprint density at radius 3 is 2.27 bits per heavy atom. The SMILES string of the molecule is CC(C)CC(CNC(=O)OC(C)(C)C)NC1CCC(C)CC1. The normalized spacial score (nSPS) is 24.1. The minimum atomic E-state index is -0.440. The summed E-state index contributed by atoms with van der Waals surface area (Å²) in [6.07, 6.45) is 5.88. The van der Waals surface area contributed by atoms with Gasteiger partial charge >= 0.3 is 6.09 Å². The number of amides is 1. The fourth-order valence-corrected chi connectivity index (χ4v) is 3.06. The van der Waals surface area contributed by atoms with Crippen LogP contribution in [0.3, 0.4) is 0 Å². The van der Waals surface area contributed by atoms with Crippen molar-refractivity contribution in [3.05, 3.63) is 0 Å². The molecule has 0 aliphatic heterocycles. The van der Waals surface area contributed by atoms with E-state index in [-0.39, 0.29) is 6.09 Å². The standard InChI is InChI=1S/C18H36N2O2/c1-13(2)11-16(12-19-17(21)22-18(4,5)6)20-15-9-7-14(3)8-10-15/h13-16,20H,7-12H2,1-6H3,(H,19,21). The van der Waals surface area contributed by atoms with E-state index >= 15 is 0 Å². The highest BCUT2D eigenvalue weighted by atomic mass is 16.6. The van der Waals surface area contributed by atoms with Crippen molar-refractivity contribution in [3.63, 3.8) is 0 Å². The summed E-state index contributed by atoms with van der Waals surface area (Å²) in [7, 11) is 0. The van der Waals surface area contributed by atoms with Crippen LogP contribution in [0.2, 0.25) is 0 Å². The van der Waals surface area contributed by atoms with Gasteiger partial charge in [-0.3, -0.25) is 0 Å². The van der Waals surface area contributed by atoms with Crippen LogP contribution in [-0.4, -0.2) is 30.3 Å². The molecule has 1 amide bonds. The highest BCUT2D eigenvalue weighted by Gasteiger charge is 2.23. The minimum absolute atomic E-state index is 0.319. The number of hydrogen-bond acceptors (Lipinski definition) is 3. The predicted molar refractivity (Wildman–Crippen MR) is 92.0 cm³/mol. The van der Waals surface area contributed by atoms with Crippen LogP contribution in [0, 0.1) is 11.8 Å². The number of ether oxygens (including phenoxy) is 1. The molecular weight excluding hydrogens is 276 g/mol. The van der Waals surface area contributed by atoms with Crippen LogP contribution in [0.4, 0.5) is 4.79 Å². The monoisotopic (exact) mass is 312 g/mol. The summed E-state index contributed by atoms with van der Waals surface area (Å²) in [5, 5.41) is 6.68. The third-order valence-corrected chi connectivity index (χ3v) is 4.13. The van der Waals surface area contributed by atoms with E-state index in [4.69, 9.17) is 4.74 Å². The third kappa shape index (κ3) is 8.62. The Hall–Kier alpha value is -0.770. The summed E-state index contributed by atoms with van der Waals surface area (Å²) in [5.41, 5.74) is -0.440. The first kappa shape index (κ1) is 19.3. The van der Waals surface area contributed by atoms with E-state index < -0.39 is 5.60 Å². The van der Waals surface area contributed by atoms with Gasteiger partial charge in [-0.05, 0) is 64.7 Å². The summed E-state index contributed by atoms with van der Waals surface area (Å²) < 4.78 is 5.32. The first-order chi connectivity index (χ1) is 10.2. The Balaban J connectivity index is 2.41. The fraction of sp³-hybridized carbons (Fsp3) is 0.944. The molecule has 1 unspecified atom stereocenters. The molecule has 0 spiro atoms. The van der Waals surface area contributed by atoms with Gasteiger partial charge in [0.15, 0.2) is 0 Å². The van der Waals surface area contributed by atoms with Gasteiger partial charge in [-0.25, -0.2) is 4.79 Å². The molecule has 130 valence electrons. The van der Waals surface area contributed by atoms with Gasteiger partial charge in [0.2, 0.25) is 0 Å². The molecule has 0 aromatic rings. The smallest absolute Gasteiger partial charge is 0.407 e. The first-order valence-corrected chi connectivity index (χ1v) is 8.88. The van der Waals surface area contributed by atoms with Crippen molar-refractivity contribution >= 4 is 6.09 Å². The number of hydrogen-bond donors (Lipinski definition) is 2. The largest absolute Gasteiger partial charge is 0.444 e. The lowest BCUT2D eigenvalue weighted by Gasteiger charge is -2.32. The number of carbonyl (C=O) groups excluding carboxylic acids is 1. The molecule has 4 nitrogen and oxygen atoms in total. The van der Waals surface area contributed by atoms with Crippen LogP contribution < -0.4 is 10.6 Å². The molecule has 1 aliphatic rings. The van der Waals surface area contributed by atoms with Gasteiger partial charge in [-0.1, -0.05) is 20.8 Å². The maximum absolute atomic E-state index is 11.8. The molecule has 0 radical (unpaired) electrons. The summed E-state index contributed by atoms with van der Waals surface area (Å²) in [5.74, 6) is 1.47. The molecule has 0 aromatic carbocycles. The third-order valence-electron chi connectivity index (χ3n) is 4.13. The summed E-state index contributed by atoms with van der Waals surface area (Å²) in [6.45, 7) is 13.1. The molecule has 1 aliphatic carbocycles. The molecule has 0 bridgehead atoms. The predicted octanol–water partition coefficient (Wildman–Crippen LogP) is 4.09. The first-order valence-electron chi connectivity index (χ1n) is 8.88. The molecule has 0 saturated heterocycles.